The van der Waals surface area contributed by atoms with E-state index in [9.17, 15) is 13.2 Å². The summed E-state index contributed by atoms with van der Waals surface area (Å²) in [6.45, 7) is 3.46. The maximum absolute atomic E-state index is 13.1. The molecule has 0 radical (unpaired) electrons. The molecule has 2 bridgehead atoms. The summed E-state index contributed by atoms with van der Waals surface area (Å²) in [5, 5.41) is 3.57. The molecule has 2 heterocycles. The minimum atomic E-state index is -3.22. The number of amides is 1. The van der Waals surface area contributed by atoms with E-state index < -0.39 is 15.4 Å². The quantitative estimate of drug-likeness (QED) is 0.605. The first-order chi connectivity index (χ1) is 16.0. The van der Waals surface area contributed by atoms with Crippen LogP contribution >= 0.6 is 11.6 Å². The molecular weight excluding hydrogens is 476 g/mol. The smallest absolute Gasteiger partial charge is 0.263 e. The first-order valence-corrected chi connectivity index (χ1v) is 13.7. The Bertz CT molecular complexity index is 1150. The van der Waals surface area contributed by atoms with Crippen LogP contribution in [0.1, 0.15) is 39.5 Å². The summed E-state index contributed by atoms with van der Waals surface area (Å²) < 4.78 is 34.7. The summed E-state index contributed by atoms with van der Waals surface area (Å²) >= 11 is 6.29. The number of piperidine rings is 1. The lowest BCUT2D eigenvalue weighted by Crippen LogP contribution is -2.55. The van der Waals surface area contributed by atoms with E-state index in [1.807, 2.05) is 12.1 Å². The predicted molar refractivity (Wildman–Crippen MR) is 133 cm³/mol. The molecule has 4 rings (SSSR count). The van der Waals surface area contributed by atoms with Gasteiger partial charge in [0.15, 0.2) is 15.4 Å². The second-order valence-electron chi connectivity index (χ2n) is 9.61. The second-order valence-corrected chi connectivity index (χ2v) is 12.0. The number of hydrogen-bond donors (Lipinski definition) is 1. The van der Waals surface area contributed by atoms with Gasteiger partial charge in [0, 0.05) is 36.1 Å². The van der Waals surface area contributed by atoms with Crippen molar-refractivity contribution >= 4 is 33.0 Å². The Hall–Kier alpha value is -2.45. The zero-order chi connectivity index (χ0) is 24.7. The van der Waals surface area contributed by atoms with Crippen LogP contribution in [-0.2, 0) is 14.6 Å². The summed E-state index contributed by atoms with van der Waals surface area (Å²) in [5.74, 6) is 0.859. The summed E-state index contributed by atoms with van der Waals surface area (Å²) in [7, 11) is -1.66. The summed E-state index contributed by atoms with van der Waals surface area (Å²) in [5.41, 5.74) is -0.0712. The lowest BCUT2D eigenvalue weighted by Gasteiger charge is -2.41. The Morgan fingerprint density at radius 3 is 2.24 bits per heavy atom. The fourth-order valence-corrected chi connectivity index (χ4v) is 5.79. The minimum Gasteiger partial charge on any atom is -0.497 e. The number of nitrogens with one attached hydrogen (secondary N) is 1. The van der Waals surface area contributed by atoms with E-state index in [1.165, 1.54) is 6.26 Å². The molecule has 0 unspecified atom stereocenters. The maximum Gasteiger partial charge on any atom is 0.263 e. The maximum atomic E-state index is 13.1. The highest BCUT2D eigenvalue weighted by molar-refractivity contribution is 7.90. The number of anilines is 1. The Balaban J connectivity index is 1.40. The van der Waals surface area contributed by atoms with Crippen LogP contribution in [0, 0.1) is 0 Å². The summed E-state index contributed by atoms with van der Waals surface area (Å²) in [6.07, 6.45) is 4.97. The molecule has 0 saturated carbocycles. The molecule has 0 aromatic heterocycles. The van der Waals surface area contributed by atoms with Crippen LogP contribution in [0.3, 0.4) is 0 Å². The van der Waals surface area contributed by atoms with Crippen molar-refractivity contribution in [3.8, 4) is 11.5 Å². The largest absolute Gasteiger partial charge is 0.497 e. The van der Waals surface area contributed by atoms with Gasteiger partial charge >= 0.3 is 0 Å². The van der Waals surface area contributed by atoms with Crippen molar-refractivity contribution in [1.82, 2.24) is 5.32 Å². The Kier molecular flexibility index (Phi) is 6.75. The third kappa shape index (κ3) is 5.13. The van der Waals surface area contributed by atoms with E-state index in [0.29, 0.717) is 33.5 Å². The monoisotopic (exact) mass is 506 g/mol. The van der Waals surface area contributed by atoms with E-state index in [2.05, 4.69) is 10.2 Å². The summed E-state index contributed by atoms with van der Waals surface area (Å²) in [6, 6.07) is 12.8. The van der Waals surface area contributed by atoms with Crippen molar-refractivity contribution in [2.75, 3.05) is 18.3 Å². The number of benzene rings is 2. The van der Waals surface area contributed by atoms with Gasteiger partial charge in [0.25, 0.3) is 5.91 Å². The van der Waals surface area contributed by atoms with Crippen molar-refractivity contribution in [2.24, 2.45) is 0 Å². The van der Waals surface area contributed by atoms with Crippen LogP contribution in [0.25, 0.3) is 0 Å². The third-order valence-corrected chi connectivity index (χ3v) is 8.11. The topological polar surface area (TPSA) is 84.9 Å². The predicted octanol–water partition coefficient (Wildman–Crippen LogP) is 4.23. The molecule has 1 amide bonds. The molecule has 2 aromatic carbocycles. The van der Waals surface area contributed by atoms with E-state index in [-0.39, 0.29) is 11.9 Å². The van der Waals surface area contributed by atoms with E-state index in [4.69, 9.17) is 21.1 Å². The Morgan fingerprint density at radius 1 is 1.09 bits per heavy atom. The Morgan fingerprint density at radius 2 is 1.71 bits per heavy atom. The number of fused-ring (bicyclic) bond motifs is 2. The third-order valence-electron chi connectivity index (χ3n) is 6.68. The van der Waals surface area contributed by atoms with Gasteiger partial charge < -0.3 is 19.7 Å². The molecule has 34 heavy (non-hydrogen) atoms. The fourth-order valence-electron chi connectivity index (χ4n) is 4.95. The first-order valence-electron chi connectivity index (χ1n) is 11.4. The number of sulfone groups is 1. The molecule has 2 aromatic rings. The van der Waals surface area contributed by atoms with Gasteiger partial charge in [-0.2, -0.15) is 0 Å². The molecule has 2 aliphatic rings. The molecule has 1 N–H and O–H groups in total. The van der Waals surface area contributed by atoms with E-state index in [1.54, 1.807) is 51.3 Å². The fraction of sp³-hybridized carbons (Fsp3) is 0.480. The van der Waals surface area contributed by atoms with E-state index >= 15 is 0 Å². The highest BCUT2D eigenvalue weighted by Crippen LogP contribution is 2.40. The van der Waals surface area contributed by atoms with Crippen LogP contribution in [0.2, 0.25) is 5.02 Å². The SMILES string of the molecule is COc1ccc(OC(C)(C)C(=O)N[C@H]2C[C@H]3CC[C@@H](C2)N3c2ccc(S(C)(=O)=O)cc2)c(Cl)c1. The average molecular weight is 507 g/mol. The van der Waals surface area contributed by atoms with Crippen molar-refractivity contribution in [2.45, 2.75) is 68.2 Å². The number of carbonyl (C=O) groups excluding carboxylic acids is 1. The van der Waals surface area contributed by atoms with Gasteiger partial charge in [-0.1, -0.05) is 11.6 Å². The van der Waals surface area contributed by atoms with Gasteiger partial charge in [0.05, 0.1) is 17.0 Å². The van der Waals surface area contributed by atoms with Crippen molar-refractivity contribution < 1.29 is 22.7 Å². The minimum absolute atomic E-state index is 0.0470. The molecule has 9 heteroatoms. The second kappa shape index (κ2) is 9.30. The van der Waals surface area contributed by atoms with E-state index in [0.717, 1.165) is 31.4 Å². The number of hydrogen-bond acceptors (Lipinski definition) is 6. The van der Waals surface area contributed by atoms with Gasteiger partial charge in [0.2, 0.25) is 0 Å². The number of carbonyl (C=O) groups is 1. The molecular formula is C25H31ClN2O5S. The highest BCUT2D eigenvalue weighted by Gasteiger charge is 2.42. The normalized spacial score (nSPS) is 22.4. The molecule has 7 nitrogen and oxygen atoms in total. The Labute approximate surface area is 206 Å². The van der Waals surface area contributed by atoms with Crippen LogP contribution in [-0.4, -0.2) is 51.4 Å². The zero-order valence-electron chi connectivity index (χ0n) is 19.9. The molecule has 184 valence electrons. The van der Waals surface area contributed by atoms with Crippen LogP contribution < -0.4 is 19.7 Å². The highest BCUT2D eigenvalue weighted by atomic mass is 35.5. The molecule has 0 spiro atoms. The van der Waals surface area contributed by atoms with Gasteiger partial charge in [-0.05, 0) is 75.9 Å². The van der Waals surface area contributed by atoms with Gasteiger partial charge in [-0.25, -0.2) is 8.42 Å². The number of halogens is 1. The summed E-state index contributed by atoms with van der Waals surface area (Å²) in [4.78, 5) is 15.8. The number of nitrogens with zero attached hydrogens (tertiary/aromatic N) is 1. The molecule has 3 atom stereocenters. The van der Waals surface area contributed by atoms with Crippen molar-refractivity contribution in [1.29, 1.82) is 0 Å². The van der Waals surface area contributed by atoms with Crippen LogP contribution in [0.5, 0.6) is 11.5 Å². The van der Waals surface area contributed by atoms with Gasteiger partial charge in [0.1, 0.15) is 11.5 Å². The lowest BCUT2D eigenvalue weighted by atomic mass is 9.95. The standard InChI is InChI=1S/C25H31ClN2O5S/c1-25(2,33-23-12-9-20(32-3)15-22(23)26)24(29)27-16-13-18-5-6-19(14-16)28(18)17-7-10-21(11-8-17)34(4,30)31/h7-12,15-16,18-19H,5-6,13-14H2,1-4H3,(H,27,29)/t16-,18+,19-. The number of rotatable bonds is 7. The lowest BCUT2D eigenvalue weighted by molar-refractivity contribution is -0.135. The van der Waals surface area contributed by atoms with Crippen molar-refractivity contribution in [3.63, 3.8) is 0 Å². The van der Waals surface area contributed by atoms with Crippen LogP contribution in [0.15, 0.2) is 47.4 Å². The molecule has 0 aliphatic carbocycles. The van der Waals surface area contributed by atoms with Crippen molar-refractivity contribution in [3.05, 3.63) is 47.5 Å². The molecule has 2 fully saturated rings. The number of ether oxygens (including phenoxy) is 2. The first kappa shape index (κ1) is 24.7. The van der Waals surface area contributed by atoms with Gasteiger partial charge in [-0.3, -0.25) is 4.79 Å². The number of methoxy groups -OCH3 is 1. The zero-order valence-corrected chi connectivity index (χ0v) is 21.4. The molecule has 2 aliphatic heterocycles. The molecule has 2 saturated heterocycles. The average Bonchev–Trinajstić information content (AvgIpc) is 3.04. The van der Waals surface area contributed by atoms with Gasteiger partial charge in [-0.15, -0.1) is 0 Å². The van der Waals surface area contributed by atoms with Crippen LogP contribution in [0.4, 0.5) is 5.69 Å².